The van der Waals surface area contributed by atoms with Gasteiger partial charge in [0, 0.05) is 17.9 Å². The van der Waals surface area contributed by atoms with Gasteiger partial charge in [-0.15, -0.1) is 5.10 Å². The lowest BCUT2D eigenvalue weighted by Crippen LogP contribution is -2.35. The summed E-state index contributed by atoms with van der Waals surface area (Å²) in [6.45, 7) is 4.04. The molecule has 0 saturated carbocycles. The minimum absolute atomic E-state index is 0.0583. The third-order valence-corrected chi connectivity index (χ3v) is 4.13. The van der Waals surface area contributed by atoms with E-state index in [0.29, 0.717) is 12.3 Å². The van der Waals surface area contributed by atoms with Crippen molar-refractivity contribution in [3.05, 3.63) is 58.9 Å². The van der Waals surface area contributed by atoms with Crippen LogP contribution in [0, 0.1) is 19.7 Å². The molecule has 0 aliphatic heterocycles. The number of nitrogens with one attached hydrogen (secondary N) is 1. The van der Waals surface area contributed by atoms with Crippen LogP contribution >= 0.6 is 0 Å². The fourth-order valence-corrected chi connectivity index (χ4v) is 2.84. The number of fused-ring (bicyclic) bond motifs is 1. The van der Waals surface area contributed by atoms with Crippen molar-refractivity contribution in [2.45, 2.75) is 19.9 Å². The molecule has 26 heavy (non-hydrogen) atoms. The predicted octanol–water partition coefficient (Wildman–Crippen LogP) is 1.91. The van der Waals surface area contributed by atoms with Gasteiger partial charge in [-0.05, 0) is 51.7 Å². The molecular formula is C18H21FN6O. The second-order valence-electron chi connectivity index (χ2n) is 6.43. The van der Waals surface area contributed by atoms with Crippen LogP contribution in [0.3, 0.4) is 0 Å². The number of carbonyl (C=O) groups excluding carboxylic acids is 1. The number of rotatable bonds is 5. The lowest BCUT2D eigenvalue weighted by molar-refractivity contribution is 0.0931. The van der Waals surface area contributed by atoms with Crippen molar-refractivity contribution in [3.63, 3.8) is 0 Å². The van der Waals surface area contributed by atoms with E-state index in [1.165, 1.54) is 16.6 Å². The van der Waals surface area contributed by atoms with Gasteiger partial charge in [-0.2, -0.15) is 4.98 Å². The highest BCUT2D eigenvalue weighted by molar-refractivity contribution is 5.90. The first kappa shape index (κ1) is 17.9. The SMILES string of the molecule is Cc1cc(C)n2nc(C(=O)NCC(c3cccc(F)c3)N(C)C)nc2n1. The molecule has 3 rings (SSSR count). The summed E-state index contributed by atoms with van der Waals surface area (Å²) in [4.78, 5) is 22.9. The zero-order chi connectivity index (χ0) is 18.8. The number of likely N-dealkylation sites (N-methyl/N-ethyl adjacent to an activating group) is 1. The van der Waals surface area contributed by atoms with Gasteiger partial charge >= 0.3 is 0 Å². The third kappa shape index (κ3) is 3.70. The molecule has 0 aliphatic rings. The molecule has 2 heterocycles. The summed E-state index contributed by atoms with van der Waals surface area (Å²) in [7, 11) is 3.75. The maximum atomic E-state index is 13.5. The second-order valence-corrected chi connectivity index (χ2v) is 6.43. The summed E-state index contributed by atoms with van der Waals surface area (Å²) >= 11 is 0. The molecule has 0 bridgehead atoms. The van der Waals surface area contributed by atoms with E-state index in [2.05, 4.69) is 20.4 Å². The van der Waals surface area contributed by atoms with Crippen LogP contribution in [0.5, 0.6) is 0 Å². The van der Waals surface area contributed by atoms with Gasteiger partial charge in [-0.1, -0.05) is 12.1 Å². The van der Waals surface area contributed by atoms with Crippen LogP contribution in [0.2, 0.25) is 0 Å². The number of aryl methyl sites for hydroxylation is 2. The Hall–Kier alpha value is -2.87. The normalized spacial score (nSPS) is 12.5. The lowest BCUT2D eigenvalue weighted by atomic mass is 10.1. The number of hydrogen-bond donors (Lipinski definition) is 1. The van der Waals surface area contributed by atoms with Crippen molar-refractivity contribution in [2.24, 2.45) is 0 Å². The number of benzene rings is 1. The van der Waals surface area contributed by atoms with Crippen LogP contribution in [0.1, 0.15) is 33.6 Å². The molecule has 0 radical (unpaired) electrons. The molecular weight excluding hydrogens is 335 g/mol. The van der Waals surface area contributed by atoms with Crippen molar-refractivity contribution < 1.29 is 9.18 Å². The first-order valence-electron chi connectivity index (χ1n) is 8.26. The Morgan fingerprint density at radius 1 is 1.27 bits per heavy atom. The van der Waals surface area contributed by atoms with E-state index in [-0.39, 0.29) is 17.7 Å². The van der Waals surface area contributed by atoms with E-state index in [1.54, 1.807) is 6.07 Å². The van der Waals surface area contributed by atoms with E-state index in [9.17, 15) is 9.18 Å². The zero-order valence-corrected chi connectivity index (χ0v) is 15.2. The number of amides is 1. The molecule has 0 aliphatic carbocycles. The zero-order valence-electron chi connectivity index (χ0n) is 15.2. The summed E-state index contributed by atoms with van der Waals surface area (Å²) in [5, 5.41) is 7.04. The van der Waals surface area contributed by atoms with Gasteiger partial charge in [0.1, 0.15) is 5.82 Å². The number of aromatic nitrogens is 4. The molecule has 0 spiro atoms. The second kappa shape index (κ2) is 7.17. The molecule has 3 aromatic rings. The van der Waals surface area contributed by atoms with Gasteiger partial charge in [0.05, 0.1) is 6.04 Å². The van der Waals surface area contributed by atoms with E-state index in [1.807, 2.05) is 45.0 Å². The van der Waals surface area contributed by atoms with Gasteiger partial charge in [0.2, 0.25) is 5.82 Å². The molecule has 136 valence electrons. The molecule has 1 atom stereocenters. The van der Waals surface area contributed by atoms with E-state index in [4.69, 9.17) is 0 Å². The van der Waals surface area contributed by atoms with Crippen molar-refractivity contribution >= 4 is 11.7 Å². The standard InChI is InChI=1S/C18H21FN6O/c1-11-8-12(2)25-18(21-11)22-16(23-25)17(26)20-10-15(24(3)4)13-6-5-7-14(19)9-13/h5-9,15H,10H2,1-4H3,(H,20,26). The van der Waals surface area contributed by atoms with E-state index < -0.39 is 5.91 Å². The van der Waals surface area contributed by atoms with Crippen LogP contribution in [0.25, 0.3) is 5.78 Å². The highest BCUT2D eigenvalue weighted by Gasteiger charge is 2.19. The van der Waals surface area contributed by atoms with Crippen molar-refractivity contribution in [1.29, 1.82) is 0 Å². The van der Waals surface area contributed by atoms with Crippen LogP contribution in [0.15, 0.2) is 30.3 Å². The predicted molar refractivity (Wildman–Crippen MR) is 95.4 cm³/mol. The molecule has 2 aromatic heterocycles. The van der Waals surface area contributed by atoms with Gasteiger partial charge in [-0.25, -0.2) is 13.9 Å². The largest absolute Gasteiger partial charge is 0.347 e. The molecule has 8 heteroatoms. The minimum atomic E-state index is -0.393. The minimum Gasteiger partial charge on any atom is -0.347 e. The summed E-state index contributed by atoms with van der Waals surface area (Å²) in [6.07, 6.45) is 0. The fourth-order valence-electron chi connectivity index (χ4n) is 2.84. The number of hydrogen-bond acceptors (Lipinski definition) is 5. The Bertz CT molecular complexity index is 952. The molecule has 1 amide bonds. The van der Waals surface area contributed by atoms with Crippen LogP contribution in [-0.4, -0.2) is 51.0 Å². The average Bonchev–Trinajstić information content (AvgIpc) is 2.99. The molecule has 1 N–H and O–H groups in total. The summed E-state index contributed by atoms with van der Waals surface area (Å²) in [5.74, 6) is -0.250. The molecule has 0 saturated heterocycles. The Morgan fingerprint density at radius 2 is 2.04 bits per heavy atom. The maximum absolute atomic E-state index is 13.5. The summed E-state index contributed by atoms with van der Waals surface area (Å²) in [6, 6.07) is 8.05. The van der Waals surface area contributed by atoms with Gasteiger partial charge in [0.15, 0.2) is 0 Å². The fraction of sp³-hybridized carbons (Fsp3) is 0.333. The van der Waals surface area contributed by atoms with Gasteiger partial charge in [0.25, 0.3) is 11.7 Å². The number of carbonyl (C=O) groups is 1. The van der Waals surface area contributed by atoms with Crippen LogP contribution < -0.4 is 5.32 Å². The highest BCUT2D eigenvalue weighted by Crippen LogP contribution is 2.18. The molecule has 0 fully saturated rings. The molecule has 7 nitrogen and oxygen atoms in total. The first-order chi connectivity index (χ1) is 12.3. The topological polar surface area (TPSA) is 75.4 Å². The van der Waals surface area contributed by atoms with Crippen molar-refractivity contribution in [1.82, 2.24) is 29.8 Å². The molecule has 1 unspecified atom stereocenters. The van der Waals surface area contributed by atoms with Crippen molar-refractivity contribution in [3.8, 4) is 0 Å². The van der Waals surface area contributed by atoms with Crippen molar-refractivity contribution in [2.75, 3.05) is 20.6 Å². The Balaban J connectivity index is 1.77. The maximum Gasteiger partial charge on any atom is 0.291 e. The van der Waals surface area contributed by atoms with Crippen LogP contribution in [-0.2, 0) is 0 Å². The third-order valence-electron chi connectivity index (χ3n) is 4.13. The number of halogens is 1. The Morgan fingerprint density at radius 3 is 2.73 bits per heavy atom. The highest BCUT2D eigenvalue weighted by atomic mass is 19.1. The Kier molecular flexibility index (Phi) is 4.94. The quantitative estimate of drug-likeness (QED) is 0.756. The van der Waals surface area contributed by atoms with Gasteiger partial charge < -0.3 is 10.2 Å². The van der Waals surface area contributed by atoms with Crippen LogP contribution in [0.4, 0.5) is 4.39 Å². The first-order valence-corrected chi connectivity index (χ1v) is 8.26. The summed E-state index contributed by atoms with van der Waals surface area (Å²) < 4.78 is 15.0. The smallest absolute Gasteiger partial charge is 0.291 e. The number of nitrogens with zero attached hydrogens (tertiary/aromatic N) is 5. The van der Waals surface area contributed by atoms with Gasteiger partial charge in [-0.3, -0.25) is 4.79 Å². The Labute approximate surface area is 150 Å². The molecule has 1 aromatic carbocycles. The van der Waals surface area contributed by atoms with E-state index >= 15 is 0 Å². The summed E-state index contributed by atoms with van der Waals surface area (Å²) in [5.41, 5.74) is 2.45. The lowest BCUT2D eigenvalue weighted by Gasteiger charge is -2.24. The van der Waals surface area contributed by atoms with E-state index in [0.717, 1.165) is 17.0 Å². The monoisotopic (exact) mass is 356 g/mol. The average molecular weight is 356 g/mol.